The molecule has 0 saturated heterocycles. The highest BCUT2D eigenvalue weighted by atomic mass is 19.1. The summed E-state index contributed by atoms with van der Waals surface area (Å²) < 4.78 is 37.1. The smallest absolute Gasteiger partial charge is 0.336 e. The number of halogens is 2. The number of aryl methyl sites for hydroxylation is 1. The molecule has 8 heteroatoms. The number of fused-ring (bicyclic) bond motifs is 1. The number of benzene rings is 2. The van der Waals surface area contributed by atoms with Crippen molar-refractivity contribution in [3.63, 3.8) is 0 Å². The largest absolute Gasteiger partial charge is 0.484 e. The van der Waals surface area contributed by atoms with Gasteiger partial charge in [-0.25, -0.2) is 19.0 Å². The van der Waals surface area contributed by atoms with Crippen LogP contribution in [0, 0.1) is 18.6 Å². The Labute approximate surface area is 158 Å². The monoisotopic (exact) mass is 386 g/mol. The molecule has 28 heavy (non-hydrogen) atoms. The summed E-state index contributed by atoms with van der Waals surface area (Å²) in [5, 5.41) is 4.55. The number of nitrogens with zero attached hydrogens (tertiary/aromatic N) is 1. The number of hydrogen-bond donors (Lipinski definition) is 1. The van der Waals surface area contributed by atoms with Crippen LogP contribution < -0.4 is 15.8 Å². The van der Waals surface area contributed by atoms with E-state index in [0.29, 0.717) is 11.3 Å². The van der Waals surface area contributed by atoms with Gasteiger partial charge in [0.2, 0.25) is 0 Å². The predicted molar refractivity (Wildman–Crippen MR) is 99.4 cm³/mol. The van der Waals surface area contributed by atoms with Crippen LogP contribution in [0.3, 0.4) is 0 Å². The van der Waals surface area contributed by atoms with E-state index in [4.69, 9.17) is 9.15 Å². The van der Waals surface area contributed by atoms with Crippen molar-refractivity contribution in [2.75, 3.05) is 6.61 Å². The lowest BCUT2D eigenvalue weighted by atomic mass is 10.1. The number of carbonyl (C=O) groups excluding carboxylic acids is 1. The Hall–Kier alpha value is -3.55. The van der Waals surface area contributed by atoms with Gasteiger partial charge in [0.05, 0.1) is 5.71 Å². The van der Waals surface area contributed by atoms with Crippen molar-refractivity contribution in [2.24, 2.45) is 5.10 Å². The summed E-state index contributed by atoms with van der Waals surface area (Å²) in [6.45, 7) is 2.91. The zero-order valence-corrected chi connectivity index (χ0v) is 15.1. The van der Waals surface area contributed by atoms with Crippen LogP contribution in [0.15, 0.2) is 56.8 Å². The van der Waals surface area contributed by atoms with E-state index in [2.05, 4.69) is 10.5 Å². The molecule has 3 aromatic rings. The normalized spacial score (nSPS) is 11.5. The molecule has 3 rings (SSSR count). The van der Waals surface area contributed by atoms with Gasteiger partial charge in [-0.3, -0.25) is 4.79 Å². The van der Waals surface area contributed by atoms with Crippen LogP contribution >= 0.6 is 0 Å². The molecular weight excluding hydrogens is 370 g/mol. The fourth-order valence-electron chi connectivity index (χ4n) is 2.57. The lowest BCUT2D eigenvalue weighted by Crippen LogP contribution is -2.25. The topological polar surface area (TPSA) is 80.9 Å². The predicted octanol–water partition coefficient (Wildman–Crippen LogP) is 3.30. The van der Waals surface area contributed by atoms with E-state index in [-0.39, 0.29) is 17.9 Å². The Balaban J connectivity index is 1.64. The van der Waals surface area contributed by atoms with Crippen molar-refractivity contribution in [1.82, 2.24) is 5.43 Å². The molecule has 6 nitrogen and oxygen atoms in total. The van der Waals surface area contributed by atoms with Gasteiger partial charge in [0.15, 0.2) is 6.61 Å². The second-order valence-electron chi connectivity index (χ2n) is 6.05. The maximum Gasteiger partial charge on any atom is 0.336 e. The molecule has 0 bridgehead atoms. The van der Waals surface area contributed by atoms with Gasteiger partial charge in [0.1, 0.15) is 23.0 Å². The Morgan fingerprint density at radius 3 is 2.71 bits per heavy atom. The van der Waals surface area contributed by atoms with Crippen LogP contribution in [-0.4, -0.2) is 18.2 Å². The van der Waals surface area contributed by atoms with Crippen molar-refractivity contribution in [2.45, 2.75) is 13.8 Å². The van der Waals surface area contributed by atoms with E-state index < -0.39 is 23.2 Å². The SMILES string of the molecule is C/C(=N/NC(=O)COc1ccc2c(C)cc(=O)oc2c1)c1ccc(F)cc1F. The third kappa shape index (κ3) is 4.40. The molecule has 0 atom stereocenters. The van der Waals surface area contributed by atoms with E-state index in [1.54, 1.807) is 19.1 Å². The first kappa shape index (κ1) is 19.2. The minimum atomic E-state index is -0.778. The average molecular weight is 386 g/mol. The van der Waals surface area contributed by atoms with Crippen LogP contribution in [0.4, 0.5) is 8.78 Å². The van der Waals surface area contributed by atoms with Crippen molar-refractivity contribution >= 4 is 22.6 Å². The van der Waals surface area contributed by atoms with Crippen molar-refractivity contribution in [1.29, 1.82) is 0 Å². The molecule has 0 radical (unpaired) electrons. The summed E-state index contributed by atoms with van der Waals surface area (Å²) in [5.74, 6) is -1.72. The zero-order chi connectivity index (χ0) is 20.3. The fraction of sp³-hybridized carbons (Fsp3) is 0.150. The maximum atomic E-state index is 13.7. The lowest BCUT2D eigenvalue weighted by molar-refractivity contribution is -0.123. The molecule has 0 spiro atoms. The van der Waals surface area contributed by atoms with Gasteiger partial charge in [-0.1, -0.05) is 0 Å². The number of ether oxygens (including phenoxy) is 1. The molecule has 0 aliphatic rings. The Morgan fingerprint density at radius 1 is 1.18 bits per heavy atom. The van der Waals surface area contributed by atoms with Crippen molar-refractivity contribution in [3.05, 3.63) is 75.6 Å². The molecule has 144 valence electrons. The number of nitrogens with one attached hydrogen (secondary N) is 1. The molecule has 2 aromatic carbocycles. The third-order valence-corrected chi connectivity index (χ3v) is 3.96. The number of rotatable bonds is 5. The first-order valence-electron chi connectivity index (χ1n) is 8.29. The van der Waals surface area contributed by atoms with Gasteiger partial charge in [-0.15, -0.1) is 0 Å². The van der Waals surface area contributed by atoms with Crippen molar-refractivity contribution < 1.29 is 22.7 Å². The van der Waals surface area contributed by atoms with Gasteiger partial charge in [0, 0.05) is 29.1 Å². The second kappa shape index (κ2) is 7.99. The van der Waals surface area contributed by atoms with Gasteiger partial charge in [-0.05, 0) is 43.7 Å². The van der Waals surface area contributed by atoms with Crippen molar-refractivity contribution in [3.8, 4) is 5.75 Å². The van der Waals surface area contributed by atoms with Gasteiger partial charge in [0.25, 0.3) is 5.91 Å². The van der Waals surface area contributed by atoms with Gasteiger partial charge in [-0.2, -0.15) is 5.10 Å². The average Bonchev–Trinajstić information content (AvgIpc) is 2.64. The molecule has 0 unspecified atom stereocenters. The zero-order valence-electron chi connectivity index (χ0n) is 15.1. The van der Waals surface area contributed by atoms with Crippen LogP contribution in [-0.2, 0) is 4.79 Å². The summed E-state index contributed by atoms with van der Waals surface area (Å²) >= 11 is 0. The van der Waals surface area contributed by atoms with E-state index >= 15 is 0 Å². The second-order valence-corrected chi connectivity index (χ2v) is 6.05. The summed E-state index contributed by atoms with van der Waals surface area (Å²) in [6.07, 6.45) is 0. The first-order chi connectivity index (χ1) is 13.3. The maximum absolute atomic E-state index is 13.7. The molecule has 0 fully saturated rings. The molecule has 0 saturated carbocycles. The third-order valence-electron chi connectivity index (χ3n) is 3.96. The summed E-state index contributed by atoms with van der Waals surface area (Å²) in [4.78, 5) is 23.3. The number of hydrogen-bond acceptors (Lipinski definition) is 5. The van der Waals surface area contributed by atoms with Gasteiger partial charge < -0.3 is 9.15 Å². The van der Waals surface area contributed by atoms with Gasteiger partial charge >= 0.3 is 5.63 Å². The van der Waals surface area contributed by atoms with Crippen LogP contribution in [0.2, 0.25) is 0 Å². The minimum absolute atomic E-state index is 0.0718. The quantitative estimate of drug-likeness (QED) is 0.414. The Morgan fingerprint density at radius 2 is 1.96 bits per heavy atom. The summed E-state index contributed by atoms with van der Waals surface area (Å²) in [6, 6.07) is 9.34. The fourth-order valence-corrected chi connectivity index (χ4v) is 2.57. The summed E-state index contributed by atoms with van der Waals surface area (Å²) in [7, 11) is 0. The van der Waals surface area contributed by atoms with E-state index in [1.165, 1.54) is 25.1 Å². The first-order valence-corrected chi connectivity index (χ1v) is 8.29. The van der Waals surface area contributed by atoms with Crippen LogP contribution in [0.25, 0.3) is 11.0 Å². The number of carbonyl (C=O) groups is 1. The Bertz CT molecular complexity index is 1140. The highest BCUT2D eigenvalue weighted by molar-refractivity contribution is 5.99. The minimum Gasteiger partial charge on any atom is -0.484 e. The Kier molecular flexibility index (Phi) is 5.49. The molecular formula is C20H16F2N2O4. The number of amides is 1. The molecule has 1 aromatic heterocycles. The summed E-state index contributed by atoms with van der Waals surface area (Å²) in [5.41, 5.74) is 3.13. The van der Waals surface area contributed by atoms with E-state index in [0.717, 1.165) is 23.1 Å². The molecule has 0 aliphatic heterocycles. The molecule has 0 aliphatic carbocycles. The van der Waals surface area contributed by atoms with Crippen LogP contribution in [0.1, 0.15) is 18.1 Å². The van der Waals surface area contributed by atoms with Crippen LogP contribution in [0.5, 0.6) is 5.75 Å². The molecule has 1 amide bonds. The van der Waals surface area contributed by atoms with E-state index in [9.17, 15) is 18.4 Å². The molecule has 1 N–H and O–H groups in total. The standard InChI is InChI=1S/C20H16F2N2O4/c1-11-7-20(26)28-18-9-14(4-6-15(11)18)27-10-19(25)24-23-12(2)16-5-3-13(21)8-17(16)22/h3-9H,10H2,1-2H3,(H,24,25)/b23-12-. The molecule has 1 heterocycles. The highest BCUT2D eigenvalue weighted by Crippen LogP contribution is 2.22. The highest BCUT2D eigenvalue weighted by Gasteiger charge is 2.09. The van der Waals surface area contributed by atoms with E-state index in [1.807, 2.05) is 0 Å². The lowest BCUT2D eigenvalue weighted by Gasteiger charge is -2.07. The number of hydrazone groups is 1.